The number of hydrogen-bond donors (Lipinski definition) is 2. The van der Waals surface area contributed by atoms with Gasteiger partial charge in [0.2, 0.25) is 0 Å². The summed E-state index contributed by atoms with van der Waals surface area (Å²) in [5.74, 6) is -0.609. The number of amides is 1. The van der Waals surface area contributed by atoms with Gasteiger partial charge in [-0.15, -0.1) is 11.3 Å². The fraction of sp³-hybridized carbons (Fsp3) is 0. The molecule has 2 aromatic carbocycles. The Morgan fingerprint density at radius 2 is 1.56 bits per heavy atom. The molecule has 25 heavy (non-hydrogen) atoms. The number of carbonyl (C=O) groups excluding carboxylic acids is 2. The molecule has 0 aliphatic carbocycles. The van der Waals surface area contributed by atoms with E-state index < -0.39 is 5.91 Å². The molecule has 0 saturated carbocycles. The minimum absolute atomic E-state index is 0.0233. The van der Waals surface area contributed by atoms with Crippen molar-refractivity contribution < 1.29 is 14.8 Å². The van der Waals surface area contributed by atoms with Crippen LogP contribution in [0, 0.1) is 0 Å². The molecule has 1 amide bonds. The van der Waals surface area contributed by atoms with Gasteiger partial charge in [-0.2, -0.15) is 0 Å². The van der Waals surface area contributed by atoms with Gasteiger partial charge in [0.1, 0.15) is 0 Å². The molecule has 3 rings (SSSR count). The van der Waals surface area contributed by atoms with Gasteiger partial charge in [0.25, 0.3) is 5.91 Å². The zero-order valence-corrected chi connectivity index (χ0v) is 14.0. The Labute approximate surface area is 148 Å². The van der Waals surface area contributed by atoms with Gasteiger partial charge in [-0.3, -0.25) is 14.8 Å². The third-order valence-corrected chi connectivity index (χ3v) is 4.70. The molecule has 0 fully saturated rings. The number of carbonyl (C=O) groups is 2. The highest BCUT2D eigenvalue weighted by Gasteiger charge is 2.06. The van der Waals surface area contributed by atoms with Gasteiger partial charge in [0.05, 0.1) is 4.88 Å². The lowest BCUT2D eigenvalue weighted by molar-refractivity contribution is -0.124. The van der Waals surface area contributed by atoms with E-state index in [-0.39, 0.29) is 5.78 Å². The molecule has 1 heterocycles. The molecule has 0 bridgehead atoms. The summed E-state index contributed by atoms with van der Waals surface area (Å²) in [5, 5.41) is 9.50. The summed E-state index contributed by atoms with van der Waals surface area (Å²) < 4.78 is 1.10. The van der Waals surface area contributed by atoms with Crippen LogP contribution in [0.4, 0.5) is 0 Å². The predicted molar refractivity (Wildman–Crippen MR) is 101 cm³/mol. The van der Waals surface area contributed by atoms with Gasteiger partial charge in [-0.25, -0.2) is 5.48 Å². The predicted octanol–water partition coefficient (Wildman–Crippen LogP) is 4.32. The van der Waals surface area contributed by atoms with E-state index in [1.165, 1.54) is 22.9 Å². The van der Waals surface area contributed by atoms with Crippen molar-refractivity contribution >= 4 is 45.3 Å². The monoisotopic (exact) mass is 349 g/mol. The van der Waals surface area contributed by atoms with Gasteiger partial charge in [0.15, 0.2) is 5.78 Å². The molecule has 0 spiro atoms. The molecule has 0 aliphatic heterocycles. The maximum absolute atomic E-state index is 12.3. The third kappa shape index (κ3) is 4.29. The lowest BCUT2D eigenvalue weighted by Crippen LogP contribution is -2.14. The highest BCUT2D eigenvalue weighted by molar-refractivity contribution is 7.21. The second-order valence-electron chi connectivity index (χ2n) is 5.32. The molecule has 3 aromatic rings. The highest BCUT2D eigenvalue weighted by Crippen LogP contribution is 2.25. The molecule has 5 heteroatoms. The number of hydroxylamine groups is 1. The standard InChI is InChI=1S/C20H15NO3S/c22-17(19-13-16-3-1-2-4-18(16)25-19)11-9-14-5-7-15(8-6-14)10-12-20(23)21-24/h1-13,24H,(H,21,23)/b11-9+,12-10+. The first kappa shape index (κ1) is 16.8. The summed E-state index contributed by atoms with van der Waals surface area (Å²) in [6.07, 6.45) is 6.15. The number of thiophene rings is 1. The number of fused-ring (bicyclic) bond motifs is 1. The minimum Gasteiger partial charge on any atom is -0.288 e. The SMILES string of the molecule is O=C(/C=C/c1ccc(/C=C/C(=O)c2cc3ccccc3s2)cc1)NO. The van der Waals surface area contributed by atoms with Gasteiger partial charge >= 0.3 is 0 Å². The molecule has 0 unspecified atom stereocenters. The van der Waals surface area contributed by atoms with Gasteiger partial charge in [0, 0.05) is 10.8 Å². The van der Waals surface area contributed by atoms with Crippen LogP contribution in [-0.4, -0.2) is 16.9 Å². The molecule has 124 valence electrons. The van der Waals surface area contributed by atoms with Crippen LogP contribution in [0.2, 0.25) is 0 Å². The van der Waals surface area contributed by atoms with Gasteiger partial charge in [-0.05, 0) is 40.8 Å². The van der Waals surface area contributed by atoms with Crippen LogP contribution in [0.15, 0.2) is 66.7 Å². The molecular weight excluding hydrogens is 334 g/mol. The van der Waals surface area contributed by atoms with E-state index in [0.717, 1.165) is 21.2 Å². The van der Waals surface area contributed by atoms with E-state index in [0.29, 0.717) is 4.88 Å². The number of nitrogens with one attached hydrogen (secondary N) is 1. The number of benzene rings is 2. The molecular formula is C20H15NO3S. The number of hydrogen-bond acceptors (Lipinski definition) is 4. The van der Waals surface area contributed by atoms with Crippen molar-refractivity contribution in [2.75, 3.05) is 0 Å². The highest BCUT2D eigenvalue weighted by atomic mass is 32.1. The smallest absolute Gasteiger partial charge is 0.267 e. The lowest BCUT2D eigenvalue weighted by atomic mass is 10.1. The molecule has 0 radical (unpaired) electrons. The van der Waals surface area contributed by atoms with Crippen molar-refractivity contribution in [1.82, 2.24) is 5.48 Å². The van der Waals surface area contributed by atoms with Crippen LogP contribution in [0.25, 0.3) is 22.2 Å². The molecule has 2 N–H and O–H groups in total. The summed E-state index contributed by atoms with van der Waals surface area (Å²) >= 11 is 1.49. The first-order valence-corrected chi connectivity index (χ1v) is 8.40. The Morgan fingerprint density at radius 1 is 0.920 bits per heavy atom. The second-order valence-corrected chi connectivity index (χ2v) is 6.41. The molecule has 0 saturated heterocycles. The maximum atomic E-state index is 12.3. The quantitative estimate of drug-likeness (QED) is 0.312. The normalized spacial score (nSPS) is 11.4. The third-order valence-electron chi connectivity index (χ3n) is 3.57. The van der Waals surface area contributed by atoms with Crippen LogP contribution < -0.4 is 5.48 Å². The Morgan fingerprint density at radius 3 is 2.20 bits per heavy atom. The first-order chi connectivity index (χ1) is 12.2. The largest absolute Gasteiger partial charge is 0.288 e. The Hall–Kier alpha value is -3.02. The average Bonchev–Trinajstić information content (AvgIpc) is 3.09. The summed E-state index contributed by atoms with van der Waals surface area (Å²) in [7, 11) is 0. The Kier molecular flexibility index (Phi) is 5.18. The number of allylic oxidation sites excluding steroid dienone is 1. The topological polar surface area (TPSA) is 66.4 Å². The Balaban J connectivity index is 1.69. The maximum Gasteiger partial charge on any atom is 0.267 e. The van der Waals surface area contributed by atoms with Crippen molar-refractivity contribution in [3.05, 3.63) is 82.8 Å². The molecule has 0 aliphatic rings. The molecule has 1 aromatic heterocycles. The zero-order valence-electron chi connectivity index (χ0n) is 13.2. The van der Waals surface area contributed by atoms with E-state index in [9.17, 15) is 9.59 Å². The van der Waals surface area contributed by atoms with E-state index in [1.54, 1.807) is 18.2 Å². The molecule has 0 atom stereocenters. The average molecular weight is 349 g/mol. The molecule has 4 nitrogen and oxygen atoms in total. The summed E-state index contributed by atoms with van der Waals surface area (Å²) in [4.78, 5) is 24.0. The zero-order chi connectivity index (χ0) is 17.6. The summed E-state index contributed by atoms with van der Waals surface area (Å²) in [5.41, 5.74) is 3.23. The van der Waals surface area contributed by atoms with E-state index in [2.05, 4.69) is 0 Å². The van der Waals surface area contributed by atoms with Crippen molar-refractivity contribution in [1.29, 1.82) is 0 Å². The van der Waals surface area contributed by atoms with E-state index >= 15 is 0 Å². The number of ketones is 1. The summed E-state index contributed by atoms with van der Waals surface area (Å²) in [6, 6.07) is 17.2. The summed E-state index contributed by atoms with van der Waals surface area (Å²) in [6.45, 7) is 0. The van der Waals surface area contributed by atoms with Crippen molar-refractivity contribution in [3.8, 4) is 0 Å². The first-order valence-electron chi connectivity index (χ1n) is 7.59. The Bertz CT molecular complexity index is 935. The fourth-order valence-electron chi connectivity index (χ4n) is 2.28. The minimum atomic E-state index is -0.585. The van der Waals surface area contributed by atoms with Crippen molar-refractivity contribution in [2.24, 2.45) is 0 Å². The van der Waals surface area contributed by atoms with Crippen LogP contribution in [0.5, 0.6) is 0 Å². The second kappa shape index (κ2) is 7.70. The number of rotatable bonds is 5. The van der Waals surface area contributed by atoms with Crippen LogP contribution in [-0.2, 0) is 4.79 Å². The van der Waals surface area contributed by atoms with Crippen LogP contribution >= 0.6 is 11.3 Å². The van der Waals surface area contributed by atoms with Crippen LogP contribution in [0.1, 0.15) is 20.8 Å². The van der Waals surface area contributed by atoms with Crippen molar-refractivity contribution in [3.63, 3.8) is 0 Å². The van der Waals surface area contributed by atoms with Crippen molar-refractivity contribution in [2.45, 2.75) is 0 Å². The van der Waals surface area contributed by atoms with E-state index in [1.807, 2.05) is 54.6 Å². The van der Waals surface area contributed by atoms with Crippen LogP contribution in [0.3, 0.4) is 0 Å². The lowest BCUT2D eigenvalue weighted by Gasteiger charge is -1.96. The van der Waals surface area contributed by atoms with Gasteiger partial charge in [-0.1, -0.05) is 48.5 Å². The van der Waals surface area contributed by atoms with Gasteiger partial charge < -0.3 is 0 Å². The van der Waals surface area contributed by atoms with E-state index in [4.69, 9.17) is 5.21 Å². The fourth-order valence-corrected chi connectivity index (χ4v) is 3.27.